The largest absolute Gasteiger partial charge is 0.367 e. The second kappa shape index (κ2) is 7.16. The molecule has 0 saturated heterocycles. The van der Waals surface area contributed by atoms with Gasteiger partial charge in [0.15, 0.2) is 0 Å². The smallest absolute Gasteiger partial charge is 0.231 e. The van der Waals surface area contributed by atoms with Gasteiger partial charge in [0.2, 0.25) is 6.54 Å². The van der Waals surface area contributed by atoms with Gasteiger partial charge in [-0.25, -0.2) is 6.57 Å². The molecule has 0 aliphatic heterocycles. The van der Waals surface area contributed by atoms with Crippen LogP contribution in [0.25, 0.3) is 17.0 Å². The Labute approximate surface area is 120 Å². The predicted octanol–water partition coefficient (Wildman–Crippen LogP) is 4.21. The van der Waals surface area contributed by atoms with E-state index >= 15 is 0 Å². The minimum absolute atomic E-state index is 0.534. The van der Waals surface area contributed by atoms with Crippen LogP contribution in [0.2, 0.25) is 0 Å². The molecule has 2 heteroatoms. The van der Waals surface area contributed by atoms with Crippen LogP contribution in [0.15, 0.2) is 54.6 Å². The molecule has 0 spiro atoms. The molecule has 0 atom stereocenters. The van der Waals surface area contributed by atoms with Crippen LogP contribution in [0.1, 0.15) is 11.1 Å². The van der Waals surface area contributed by atoms with Crippen LogP contribution >= 0.6 is 0 Å². The van der Waals surface area contributed by atoms with E-state index in [2.05, 4.69) is 58.3 Å². The highest BCUT2D eigenvalue weighted by Gasteiger charge is 2.00. The summed E-state index contributed by atoms with van der Waals surface area (Å²) in [5.41, 5.74) is 3.52. The Morgan fingerprint density at radius 3 is 2.15 bits per heavy atom. The average Bonchev–Trinajstić information content (AvgIpc) is 2.52. The summed E-state index contributed by atoms with van der Waals surface area (Å²) in [6.45, 7) is 8.12. The van der Waals surface area contributed by atoms with Crippen molar-refractivity contribution in [3.05, 3.63) is 77.1 Å². The lowest BCUT2D eigenvalue weighted by Gasteiger charge is -2.16. The monoisotopic (exact) mass is 262 g/mol. The maximum Gasteiger partial charge on any atom is 0.231 e. The molecule has 0 amide bonds. The molecule has 20 heavy (non-hydrogen) atoms. The van der Waals surface area contributed by atoms with Crippen LogP contribution in [0.5, 0.6) is 0 Å². The first-order valence-corrected chi connectivity index (χ1v) is 6.67. The zero-order chi connectivity index (χ0) is 14.2. The number of hydrogen-bond acceptors (Lipinski definition) is 1. The second-order valence-corrected chi connectivity index (χ2v) is 4.64. The Morgan fingerprint density at radius 1 is 0.950 bits per heavy atom. The molecule has 0 heterocycles. The molecule has 2 nitrogen and oxygen atoms in total. The summed E-state index contributed by atoms with van der Waals surface area (Å²) in [5, 5.41) is 0. The van der Waals surface area contributed by atoms with Gasteiger partial charge in [0.05, 0.1) is 6.54 Å². The number of rotatable bonds is 5. The fourth-order valence-corrected chi connectivity index (χ4v) is 1.93. The van der Waals surface area contributed by atoms with Gasteiger partial charge in [-0.3, -0.25) is 0 Å². The van der Waals surface area contributed by atoms with Gasteiger partial charge in [0, 0.05) is 12.7 Å². The van der Waals surface area contributed by atoms with E-state index in [1.54, 1.807) is 0 Å². The molecule has 2 aromatic rings. The van der Waals surface area contributed by atoms with Crippen molar-refractivity contribution in [1.82, 2.24) is 0 Å². The van der Waals surface area contributed by atoms with Crippen LogP contribution in [-0.2, 0) is 0 Å². The molecule has 2 rings (SSSR count). The van der Waals surface area contributed by atoms with Gasteiger partial charge in [-0.15, -0.1) is 0 Å². The summed E-state index contributed by atoms with van der Waals surface area (Å²) in [4.78, 5) is 5.48. The normalized spacial score (nSPS) is 10.4. The molecular weight excluding hydrogens is 244 g/mol. The first-order chi connectivity index (χ1) is 9.79. The lowest BCUT2D eigenvalue weighted by Crippen LogP contribution is -2.19. The Bertz CT molecular complexity index is 592. The highest BCUT2D eigenvalue weighted by atomic mass is 15.1. The Balaban J connectivity index is 2.02. The average molecular weight is 262 g/mol. The molecule has 0 bridgehead atoms. The lowest BCUT2D eigenvalue weighted by molar-refractivity contribution is 0.941. The summed E-state index contributed by atoms with van der Waals surface area (Å²) >= 11 is 0. The van der Waals surface area contributed by atoms with E-state index in [1.165, 1.54) is 11.1 Å². The van der Waals surface area contributed by atoms with Crippen molar-refractivity contribution in [2.24, 2.45) is 0 Å². The van der Waals surface area contributed by atoms with Crippen LogP contribution in [0.3, 0.4) is 0 Å². The Morgan fingerprint density at radius 2 is 1.55 bits per heavy atom. The Kier molecular flexibility index (Phi) is 4.97. The van der Waals surface area contributed by atoms with E-state index in [0.29, 0.717) is 6.54 Å². The third kappa shape index (κ3) is 4.00. The van der Waals surface area contributed by atoms with Gasteiger partial charge in [0.1, 0.15) is 0 Å². The van der Waals surface area contributed by atoms with Crippen LogP contribution < -0.4 is 4.90 Å². The van der Waals surface area contributed by atoms with E-state index in [9.17, 15) is 0 Å². The van der Waals surface area contributed by atoms with Gasteiger partial charge >= 0.3 is 0 Å². The van der Waals surface area contributed by atoms with E-state index < -0.39 is 0 Å². The van der Waals surface area contributed by atoms with Crippen molar-refractivity contribution in [2.75, 3.05) is 25.0 Å². The van der Waals surface area contributed by atoms with Gasteiger partial charge in [0.25, 0.3) is 0 Å². The predicted molar refractivity (Wildman–Crippen MR) is 86.6 cm³/mol. The highest BCUT2D eigenvalue weighted by Crippen LogP contribution is 2.15. The number of hydrogen-bond donors (Lipinski definition) is 0. The Hall–Kier alpha value is -2.53. The fourth-order valence-electron chi connectivity index (χ4n) is 1.93. The number of anilines is 1. The van der Waals surface area contributed by atoms with Crippen molar-refractivity contribution in [3.8, 4) is 0 Å². The maximum atomic E-state index is 6.82. The first kappa shape index (κ1) is 13.9. The van der Waals surface area contributed by atoms with E-state index in [4.69, 9.17) is 6.57 Å². The summed E-state index contributed by atoms with van der Waals surface area (Å²) in [6.07, 6.45) is 4.22. The van der Waals surface area contributed by atoms with Gasteiger partial charge in [-0.05, 0) is 23.3 Å². The van der Waals surface area contributed by atoms with Crippen molar-refractivity contribution in [3.63, 3.8) is 0 Å². The molecule has 0 unspecified atom stereocenters. The molecule has 0 aliphatic carbocycles. The third-order valence-electron chi connectivity index (χ3n) is 3.15. The zero-order valence-electron chi connectivity index (χ0n) is 11.7. The van der Waals surface area contributed by atoms with Crippen molar-refractivity contribution >= 4 is 17.8 Å². The molecule has 0 aromatic heterocycles. The quantitative estimate of drug-likeness (QED) is 0.578. The first-order valence-electron chi connectivity index (χ1n) is 6.67. The van der Waals surface area contributed by atoms with Gasteiger partial charge in [-0.1, -0.05) is 54.6 Å². The van der Waals surface area contributed by atoms with Crippen LogP contribution in [0.4, 0.5) is 5.69 Å². The molecule has 2 aromatic carbocycles. The van der Waals surface area contributed by atoms with Gasteiger partial charge < -0.3 is 9.74 Å². The molecule has 0 saturated carbocycles. The SMILES string of the molecule is [C-]#[N+]CCN(C)c1ccc(C=Cc2ccccc2)cc1. The third-order valence-corrected chi connectivity index (χ3v) is 3.15. The molecular formula is C18H18N2. The highest BCUT2D eigenvalue weighted by molar-refractivity contribution is 5.70. The van der Waals surface area contributed by atoms with Crippen molar-refractivity contribution in [2.45, 2.75) is 0 Å². The lowest BCUT2D eigenvalue weighted by atomic mass is 10.1. The minimum atomic E-state index is 0.534. The summed E-state index contributed by atoms with van der Waals surface area (Å²) in [7, 11) is 2.01. The molecule has 100 valence electrons. The van der Waals surface area contributed by atoms with Crippen molar-refractivity contribution in [1.29, 1.82) is 0 Å². The van der Waals surface area contributed by atoms with Gasteiger partial charge in [-0.2, -0.15) is 0 Å². The molecule has 0 aliphatic rings. The van der Waals surface area contributed by atoms with Crippen molar-refractivity contribution < 1.29 is 0 Å². The molecule has 0 radical (unpaired) electrons. The minimum Gasteiger partial charge on any atom is -0.367 e. The number of nitrogens with zero attached hydrogens (tertiary/aromatic N) is 2. The summed E-state index contributed by atoms with van der Waals surface area (Å²) in [5.74, 6) is 0. The zero-order valence-corrected chi connectivity index (χ0v) is 11.7. The van der Waals surface area contributed by atoms with E-state index in [0.717, 1.165) is 12.2 Å². The summed E-state index contributed by atoms with van der Waals surface area (Å²) < 4.78 is 0. The van der Waals surface area contributed by atoms with Crippen LogP contribution in [0, 0.1) is 6.57 Å². The maximum absolute atomic E-state index is 6.82. The topological polar surface area (TPSA) is 7.60 Å². The number of benzene rings is 2. The standard InChI is InChI=1S/C18H18N2/c1-19-14-15-20(2)18-12-10-17(11-13-18)9-8-16-6-4-3-5-7-16/h3-13H,14-15H2,2H3. The van der Waals surface area contributed by atoms with E-state index in [-0.39, 0.29) is 0 Å². The second-order valence-electron chi connectivity index (χ2n) is 4.64. The molecule has 0 fully saturated rings. The summed E-state index contributed by atoms with van der Waals surface area (Å²) in [6, 6.07) is 18.6. The molecule has 0 N–H and O–H groups in total. The van der Waals surface area contributed by atoms with E-state index in [1.807, 2.05) is 25.2 Å². The van der Waals surface area contributed by atoms with Crippen LogP contribution in [-0.4, -0.2) is 20.1 Å². The fraction of sp³-hybridized carbons (Fsp3) is 0.167. The number of likely N-dealkylation sites (N-methyl/N-ethyl adjacent to an activating group) is 1.